The second kappa shape index (κ2) is 4.01. The van der Waals surface area contributed by atoms with Crippen LogP contribution in [0.5, 0.6) is 0 Å². The number of aromatic nitrogens is 7. The largest absolute Gasteiger partial charge is 0.381 e. The molecule has 1 aliphatic carbocycles. The van der Waals surface area contributed by atoms with Crippen LogP contribution in [-0.4, -0.2) is 35.2 Å². The molecule has 102 valence electrons. The van der Waals surface area contributed by atoms with Crippen molar-refractivity contribution in [2.45, 2.75) is 51.6 Å². The van der Waals surface area contributed by atoms with Gasteiger partial charge in [-0.05, 0) is 23.3 Å². The van der Waals surface area contributed by atoms with Gasteiger partial charge in [-0.1, -0.05) is 26.0 Å². The van der Waals surface area contributed by atoms with Gasteiger partial charge in [0.05, 0.1) is 11.7 Å². The maximum atomic E-state index is 5.91. The van der Waals surface area contributed by atoms with Gasteiger partial charge in [0.2, 0.25) is 0 Å². The molecule has 2 aromatic rings. The summed E-state index contributed by atoms with van der Waals surface area (Å²) in [4.78, 5) is 0. The van der Waals surface area contributed by atoms with E-state index in [1.807, 2.05) is 4.68 Å². The second-order valence-corrected chi connectivity index (χ2v) is 6.00. The Balaban J connectivity index is 1.93. The smallest absolute Gasteiger partial charge is 0.173 e. The first kappa shape index (κ1) is 12.1. The lowest BCUT2D eigenvalue weighted by Gasteiger charge is -2.19. The van der Waals surface area contributed by atoms with Crippen LogP contribution in [0.1, 0.15) is 51.2 Å². The molecular weight excluding hydrogens is 244 g/mol. The van der Waals surface area contributed by atoms with E-state index in [0.717, 1.165) is 24.4 Å². The van der Waals surface area contributed by atoms with Crippen molar-refractivity contribution in [3.63, 3.8) is 0 Å². The molecule has 0 spiro atoms. The molecule has 0 aliphatic heterocycles. The number of hydrogen-bond donors (Lipinski definition) is 1. The van der Waals surface area contributed by atoms with Gasteiger partial charge < -0.3 is 5.73 Å². The summed E-state index contributed by atoms with van der Waals surface area (Å²) in [6.07, 6.45) is 2.29. The van der Waals surface area contributed by atoms with Crippen molar-refractivity contribution >= 4 is 5.82 Å². The Morgan fingerprint density at radius 2 is 1.95 bits per heavy atom. The first-order valence-corrected chi connectivity index (χ1v) is 6.43. The van der Waals surface area contributed by atoms with E-state index in [0.29, 0.717) is 18.4 Å². The van der Waals surface area contributed by atoms with Gasteiger partial charge in [-0.2, -0.15) is 0 Å². The normalized spacial score (nSPS) is 15.9. The SMILES string of the molecule is CC(C)(C)c1c(N)nnn1Cc1nnnn1C1CC1. The van der Waals surface area contributed by atoms with Crippen molar-refractivity contribution in [3.05, 3.63) is 11.5 Å². The first-order valence-electron chi connectivity index (χ1n) is 6.43. The zero-order valence-corrected chi connectivity index (χ0v) is 11.4. The fraction of sp³-hybridized carbons (Fsp3) is 0.727. The Labute approximate surface area is 111 Å². The number of nitrogen functional groups attached to an aromatic ring is 1. The van der Waals surface area contributed by atoms with Gasteiger partial charge in [0.15, 0.2) is 11.6 Å². The van der Waals surface area contributed by atoms with E-state index in [-0.39, 0.29) is 5.41 Å². The lowest BCUT2D eigenvalue weighted by atomic mass is 9.92. The highest BCUT2D eigenvalue weighted by Crippen LogP contribution is 2.34. The molecule has 1 fully saturated rings. The van der Waals surface area contributed by atoms with E-state index in [1.54, 1.807) is 4.68 Å². The van der Waals surface area contributed by atoms with Crippen LogP contribution in [0.3, 0.4) is 0 Å². The maximum absolute atomic E-state index is 5.91. The molecule has 0 bridgehead atoms. The second-order valence-electron chi connectivity index (χ2n) is 6.00. The summed E-state index contributed by atoms with van der Waals surface area (Å²) in [5.74, 6) is 1.27. The Morgan fingerprint density at radius 3 is 2.58 bits per heavy atom. The molecule has 1 saturated carbocycles. The van der Waals surface area contributed by atoms with Gasteiger partial charge >= 0.3 is 0 Å². The van der Waals surface area contributed by atoms with Crippen LogP contribution < -0.4 is 5.73 Å². The van der Waals surface area contributed by atoms with E-state index in [2.05, 4.69) is 46.6 Å². The topological polar surface area (TPSA) is 100 Å². The number of nitrogens with zero attached hydrogens (tertiary/aromatic N) is 7. The minimum absolute atomic E-state index is 0.120. The van der Waals surface area contributed by atoms with Crippen molar-refractivity contribution in [2.24, 2.45) is 0 Å². The molecule has 8 nitrogen and oxygen atoms in total. The minimum atomic E-state index is -0.120. The Bertz CT molecular complexity index is 586. The summed E-state index contributed by atoms with van der Waals surface area (Å²) in [7, 11) is 0. The third-order valence-electron chi connectivity index (χ3n) is 3.22. The van der Waals surface area contributed by atoms with Crippen LogP contribution in [0.4, 0.5) is 5.82 Å². The molecule has 19 heavy (non-hydrogen) atoms. The van der Waals surface area contributed by atoms with Crippen LogP contribution in [0, 0.1) is 0 Å². The molecule has 0 saturated heterocycles. The number of anilines is 1. The van der Waals surface area contributed by atoms with Crippen molar-refractivity contribution < 1.29 is 0 Å². The summed E-state index contributed by atoms with van der Waals surface area (Å²) in [6.45, 7) is 6.76. The zero-order chi connectivity index (χ0) is 13.6. The predicted octanol–water partition coefficient (Wildman–Crippen LogP) is 0.527. The highest BCUT2D eigenvalue weighted by molar-refractivity contribution is 5.38. The fourth-order valence-electron chi connectivity index (χ4n) is 2.26. The predicted molar refractivity (Wildman–Crippen MR) is 68.3 cm³/mol. The molecule has 0 amide bonds. The lowest BCUT2D eigenvalue weighted by Crippen LogP contribution is -2.21. The average molecular weight is 262 g/mol. The molecule has 2 aromatic heterocycles. The molecule has 0 radical (unpaired) electrons. The van der Waals surface area contributed by atoms with Crippen molar-refractivity contribution in [2.75, 3.05) is 5.73 Å². The van der Waals surface area contributed by atoms with Crippen molar-refractivity contribution in [1.29, 1.82) is 0 Å². The van der Waals surface area contributed by atoms with E-state index >= 15 is 0 Å². The summed E-state index contributed by atoms with van der Waals surface area (Å²) in [5, 5.41) is 19.9. The Kier molecular flexibility index (Phi) is 2.54. The van der Waals surface area contributed by atoms with Crippen LogP contribution in [0.2, 0.25) is 0 Å². The lowest BCUT2D eigenvalue weighted by molar-refractivity contribution is 0.480. The molecular formula is C11H18N8. The summed E-state index contributed by atoms with van der Waals surface area (Å²) in [5.41, 5.74) is 6.71. The van der Waals surface area contributed by atoms with E-state index in [9.17, 15) is 0 Å². The molecule has 2 N–H and O–H groups in total. The molecule has 3 rings (SSSR count). The van der Waals surface area contributed by atoms with E-state index in [4.69, 9.17) is 5.73 Å². The number of tetrazole rings is 1. The highest BCUT2D eigenvalue weighted by Gasteiger charge is 2.29. The number of nitrogens with two attached hydrogens (primary N) is 1. The summed E-state index contributed by atoms with van der Waals surface area (Å²) < 4.78 is 3.67. The molecule has 0 aromatic carbocycles. The van der Waals surface area contributed by atoms with Crippen LogP contribution in [0.15, 0.2) is 0 Å². The third-order valence-corrected chi connectivity index (χ3v) is 3.22. The number of hydrogen-bond acceptors (Lipinski definition) is 6. The van der Waals surface area contributed by atoms with Gasteiger partial charge in [0, 0.05) is 5.41 Å². The van der Waals surface area contributed by atoms with Gasteiger partial charge in [0.1, 0.15) is 6.54 Å². The molecule has 2 heterocycles. The molecule has 8 heteroatoms. The van der Waals surface area contributed by atoms with Crippen LogP contribution in [0.25, 0.3) is 0 Å². The third kappa shape index (κ3) is 2.18. The summed E-state index contributed by atoms with van der Waals surface area (Å²) in [6, 6.07) is 0.448. The molecule has 0 unspecified atom stereocenters. The molecule has 1 aliphatic rings. The van der Waals surface area contributed by atoms with Gasteiger partial charge in [0.25, 0.3) is 0 Å². The van der Waals surface area contributed by atoms with Gasteiger partial charge in [-0.25, -0.2) is 9.36 Å². The van der Waals surface area contributed by atoms with Gasteiger partial charge in [-0.15, -0.1) is 10.2 Å². The Hall–Kier alpha value is -1.99. The van der Waals surface area contributed by atoms with Gasteiger partial charge in [-0.3, -0.25) is 0 Å². The maximum Gasteiger partial charge on any atom is 0.173 e. The summed E-state index contributed by atoms with van der Waals surface area (Å²) >= 11 is 0. The fourth-order valence-corrected chi connectivity index (χ4v) is 2.26. The Morgan fingerprint density at radius 1 is 1.21 bits per heavy atom. The van der Waals surface area contributed by atoms with E-state index in [1.165, 1.54) is 0 Å². The number of rotatable bonds is 3. The highest BCUT2D eigenvalue weighted by atomic mass is 15.6. The minimum Gasteiger partial charge on any atom is -0.381 e. The van der Waals surface area contributed by atoms with Crippen LogP contribution in [-0.2, 0) is 12.0 Å². The zero-order valence-electron chi connectivity index (χ0n) is 11.4. The quantitative estimate of drug-likeness (QED) is 0.865. The van der Waals surface area contributed by atoms with E-state index < -0.39 is 0 Å². The first-order chi connectivity index (χ1) is 8.97. The molecule has 0 atom stereocenters. The standard InChI is InChI=1S/C11H18N8/c1-11(2,3)9-10(12)14-16-18(9)6-8-13-15-17-19(8)7-4-5-7/h7H,4-6,12H2,1-3H3. The van der Waals surface area contributed by atoms with Crippen molar-refractivity contribution in [3.8, 4) is 0 Å². The monoisotopic (exact) mass is 262 g/mol. The average Bonchev–Trinajstić information content (AvgIpc) is 2.94. The van der Waals surface area contributed by atoms with Crippen LogP contribution >= 0.6 is 0 Å². The van der Waals surface area contributed by atoms with Crippen molar-refractivity contribution in [1.82, 2.24) is 35.2 Å².